The number of halogens is 1. The average molecular weight is 329 g/mol. The first-order chi connectivity index (χ1) is 9.79. The summed E-state index contributed by atoms with van der Waals surface area (Å²) < 4.78 is 29.3. The van der Waals surface area contributed by atoms with Crippen LogP contribution in [0.5, 0.6) is 5.75 Å². The molecular weight excluding hydrogens is 316 g/mol. The molecule has 112 valence electrons. The lowest BCUT2D eigenvalue weighted by Gasteiger charge is -2.13. The van der Waals surface area contributed by atoms with Gasteiger partial charge in [0.15, 0.2) is 12.0 Å². The van der Waals surface area contributed by atoms with E-state index in [1.165, 1.54) is 36.4 Å². The second-order valence-electron chi connectivity index (χ2n) is 4.41. The highest BCUT2D eigenvalue weighted by molar-refractivity contribution is 7.87. The lowest BCUT2D eigenvalue weighted by Crippen LogP contribution is -2.12. The van der Waals surface area contributed by atoms with Gasteiger partial charge in [0.2, 0.25) is 0 Å². The van der Waals surface area contributed by atoms with Gasteiger partial charge < -0.3 is 14.4 Å². The van der Waals surface area contributed by atoms with Crippen LogP contribution in [0, 0.1) is 6.92 Å². The largest absolute Gasteiger partial charge is 0.378 e. The van der Waals surface area contributed by atoms with Gasteiger partial charge in [-0.1, -0.05) is 23.2 Å². The molecule has 0 aromatic heterocycles. The van der Waals surface area contributed by atoms with Crippen LogP contribution in [0.15, 0.2) is 47.4 Å². The van der Waals surface area contributed by atoms with Crippen molar-refractivity contribution in [2.75, 3.05) is 0 Å². The van der Waals surface area contributed by atoms with E-state index < -0.39 is 16.4 Å². The monoisotopic (exact) mass is 328 g/mol. The van der Waals surface area contributed by atoms with Crippen molar-refractivity contribution in [1.29, 1.82) is 0 Å². The van der Waals surface area contributed by atoms with Crippen molar-refractivity contribution in [2.24, 2.45) is 0 Å². The second-order valence-corrected chi connectivity index (χ2v) is 6.39. The Bertz CT molecular complexity index is 738. The fourth-order valence-electron chi connectivity index (χ4n) is 1.71. The van der Waals surface area contributed by atoms with E-state index in [1.807, 2.05) is 0 Å². The Morgan fingerprint density at radius 2 is 1.71 bits per heavy atom. The number of hydrogen-bond acceptors (Lipinski definition) is 5. The van der Waals surface area contributed by atoms with E-state index in [1.54, 1.807) is 13.0 Å². The van der Waals surface area contributed by atoms with Crippen LogP contribution < -0.4 is 4.18 Å². The third-order valence-corrected chi connectivity index (χ3v) is 4.25. The minimum absolute atomic E-state index is 0.0208. The predicted octanol–water partition coefficient (Wildman–Crippen LogP) is 2.40. The van der Waals surface area contributed by atoms with Gasteiger partial charge >= 0.3 is 10.1 Å². The first-order valence-corrected chi connectivity index (χ1v) is 7.75. The van der Waals surface area contributed by atoms with Crippen LogP contribution in [0.25, 0.3) is 0 Å². The number of aryl methyl sites for hydroxylation is 1. The summed E-state index contributed by atoms with van der Waals surface area (Å²) in [4.78, 5) is -0.0779. The highest BCUT2D eigenvalue weighted by Gasteiger charge is 2.20. The molecule has 0 aliphatic carbocycles. The van der Waals surface area contributed by atoms with Crippen LogP contribution in [0.2, 0.25) is 5.02 Å². The maximum atomic E-state index is 12.1. The van der Waals surface area contributed by atoms with Gasteiger partial charge in [0, 0.05) is 5.02 Å². The molecule has 0 heterocycles. The predicted molar refractivity (Wildman–Crippen MR) is 77.6 cm³/mol. The maximum Gasteiger partial charge on any atom is 0.339 e. The molecule has 21 heavy (non-hydrogen) atoms. The smallest absolute Gasteiger partial charge is 0.339 e. The van der Waals surface area contributed by atoms with Gasteiger partial charge in [-0.25, -0.2) is 0 Å². The van der Waals surface area contributed by atoms with Crippen LogP contribution >= 0.6 is 11.6 Å². The molecule has 0 fully saturated rings. The van der Waals surface area contributed by atoms with Crippen molar-refractivity contribution in [3.05, 3.63) is 58.6 Å². The van der Waals surface area contributed by atoms with Crippen molar-refractivity contribution in [3.8, 4) is 5.75 Å². The number of aliphatic hydroxyl groups excluding tert-OH is 1. The van der Waals surface area contributed by atoms with E-state index in [9.17, 15) is 18.6 Å². The molecule has 2 aromatic rings. The van der Waals surface area contributed by atoms with Gasteiger partial charge in [0.05, 0.1) is 5.56 Å². The van der Waals surface area contributed by atoms with E-state index >= 15 is 0 Å². The molecule has 0 amide bonds. The first-order valence-electron chi connectivity index (χ1n) is 5.96. The molecule has 5 nitrogen and oxygen atoms in total. The van der Waals surface area contributed by atoms with Gasteiger partial charge in [-0.15, -0.1) is 0 Å². The lowest BCUT2D eigenvalue weighted by molar-refractivity contribution is -0.0433. The molecule has 0 unspecified atom stereocenters. The van der Waals surface area contributed by atoms with E-state index in [0.717, 1.165) is 5.56 Å². The fraction of sp³-hybridized carbons (Fsp3) is 0.143. The van der Waals surface area contributed by atoms with Gasteiger partial charge in [-0.2, -0.15) is 8.42 Å². The molecule has 0 bridgehead atoms. The molecule has 0 saturated carbocycles. The summed E-state index contributed by atoms with van der Waals surface area (Å²) in [5.74, 6) is -0.134. The Kier molecular flexibility index (Phi) is 4.53. The van der Waals surface area contributed by atoms with Crippen molar-refractivity contribution in [3.63, 3.8) is 0 Å². The first kappa shape index (κ1) is 15.8. The van der Waals surface area contributed by atoms with Crippen LogP contribution in [0.3, 0.4) is 0 Å². The summed E-state index contributed by atoms with van der Waals surface area (Å²) in [5.41, 5.74) is 0.724. The maximum absolute atomic E-state index is 12.1. The van der Waals surface area contributed by atoms with Gasteiger partial charge in [0.25, 0.3) is 0 Å². The Hall–Kier alpha value is -1.60. The quantitative estimate of drug-likeness (QED) is 0.665. The molecule has 0 aliphatic heterocycles. The molecule has 2 N–H and O–H groups in total. The summed E-state index contributed by atoms with van der Waals surface area (Å²) in [6.45, 7) is 1.74. The Balaban J connectivity index is 2.39. The number of rotatable bonds is 4. The van der Waals surface area contributed by atoms with Crippen LogP contribution in [-0.2, 0) is 10.1 Å². The van der Waals surface area contributed by atoms with Crippen molar-refractivity contribution in [1.82, 2.24) is 0 Å². The van der Waals surface area contributed by atoms with Gasteiger partial charge in [0.1, 0.15) is 4.90 Å². The highest BCUT2D eigenvalue weighted by atomic mass is 35.5. The zero-order valence-corrected chi connectivity index (χ0v) is 12.6. The zero-order valence-electron chi connectivity index (χ0n) is 11.0. The molecule has 0 atom stereocenters. The van der Waals surface area contributed by atoms with Crippen molar-refractivity contribution in [2.45, 2.75) is 18.1 Å². The van der Waals surface area contributed by atoms with Crippen LogP contribution in [0.4, 0.5) is 0 Å². The van der Waals surface area contributed by atoms with Gasteiger partial charge in [-0.05, 0) is 43.3 Å². The van der Waals surface area contributed by atoms with E-state index in [-0.39, 0.29) is 16.2 Å². The number of hydrogen-bond donors (Lipinski definition) is 2. The lowest BCUT2D eigenvalue weighted by atomic mass is 10.1. The van der Waals surface area contributed by atoms with E-state index in [0.29, 0.717) is 5.02 Å². The summed E-state index contributed by atoms with van der Waals surface area (Å²) in [6.07, 6.45) is -1.83. The summed E-state index contributed by atoms with van der Waals surface area (Å²) >= 11 is 5.70. The third-order valence-electron chi connectivity index (χ3n) is 2.75. The molecule has 2 rings (SSSR count). The molecule has 0 aliphatic rings. The standard InChI is InChI=1S/C14H13ClO5S/c1-9-2-7-13(12(8-9)14(16)17)20-21(18,19)11-5-3-10(15)4-6-11/h2-8,14,16-17H,1H3. The minimum atomic E-state index is -4.08. The van der Waals surface area contributed by atoms with E-state index in [2.05, 4.69) is 0 Å². The van der Waals surface area contributed by atoms with E-state index in [4.69, 9.17) is 15.8 Å². The Morgan fingerprint density at radius 1 is 1.10 bits per heavy atom. The molecule has 0 spiro atoms. The SMILES string of the molecule is Cc1ccc(OS(=O)(=O)c2ccc(Cl)cc2)c(C(O)O)c1. The highest BCUT2D eigenvalue weighted by Crippen LogP contribution is 2.28. The number of benzene rings is 2. The average Bonchev–Trinajstić information content (AvgIpc) is 2.41. The topological polar surface area (TPSA) is 83.8 Å². The summed E-state index contributed by atoms with van der Waals surface area (Å²) in [7, 11) is -4.08. The Morgan fingerprint density at radius 3 is 2.29 bits per heavy atom. The summed E-state index contributed by atoms with van der Waals surface area (Å²) in [6, 6.07) is 9.89. The second kappa shape index (κ2) is 6.03. The fourth-order valence-corrected chi connectivity index (χ4v) is 2.79. The van der Waals surface area contributed by atoms with Crippen LogP contribution in [-0.4, -0.2) is 18.6 Å². The van der Waals surface area contributed by atoms with Gasteiger partial charge in [-0.3, -0.25) is 0 Å². The van der Waals surface area contributed by atoms with Crippen molar-refractivity contribution < 1.29 is 22.8 Å². The molecule has 2 aromatic carbocycles. The zero-order chi connectivity index (χ0) is 15.6. The number of aliphatic hydroxyl groups is 2. The van der Waals surface area contributed by atoms with Crippen molar-refractivity contribution >= 4 is 21.7 Å². The molecule has 0 saturated heterocycles. The summed E-state index contributed by atoms with van der Waals surface area (Å²) in [5, 5.41) is 19.0. The third kappa shape index (κ3) is 3.74. The Labute approximate surface area is 127 Å². The molecule has 0 radical (unpaired) electrons. The normalized spacial score (nSPS) is 11.7. The minimum Gasteiger partial charge on any atom is -0.378 e. The van der Waals surface area contributed by atoms with Crippen LogP contribution in [0.1, 0.15) is 17.4 Å². The molecule has 7 heteroatoms. The molecular formula is C14H13ClO5S.